The van der Waals surface area contributed by atoms with E-state index in [2.05, 4.69) is 10.6 Å². The lowest BCUT2D eigenvalue weighted by atomic mass is 10.1. The summed E-state index contributed by atoms with van der Waals surface area (Å²) < 4.78 is 36.4. The van der Waals surface area contributed by atoms with Gasteiger partial charge in [-0.2, -0.15) is 8.42 Å². The molecule has 0 bridgehead atoms. The molecular formula is C29H35N3O6S. The summed E-state index contributed by atoms with van der Waals surface area (Å²) >= 11 is 0. The first-order valence-corrected chi connectivity index (χ1v) is 14.4. The number of ether oxygens (including phenoxy) is 1. The molecule has 0 heterocycles. The van der Waals surface area contributed by atoms with Crippen molar-refractivity contribution in [2.75, 3.05) is 19.7 Å². The summed E-state index contributed by atoms with van der Waals surface area (Å²) in [7, 11) is -4.04. The van der Waals surface area contributed by atoms with Crippen molar-refractivity contribution in [2.24, 2.45) is 5.73 Å². The third-order valence-corrected chi connectivity index (χ3v) is 6.91. The van der Waals surface area contributed by atoms with Crippen LogP contribution in [0.25, 0.3) is 0 Å². The van der Waals surface area contributed by atoms with Gasteiger partial charge in [0.1, 0.15) is 17.3 Å². The number of hydrogen-bond acceptors (Lipinski definition) is 7. The van der Waals surface area contributed by atoms with Crippen molar-refractivity contribution in [2.45, 2.75) is 38.0 Å². The van der Waals surface area contributed by atoms with Gasteiger partial charge in [0.2, 0.25) is 0 Å². The normalized spacial score (nSPS) is 11.8. The summed E-state index contributed by atoms with van der Waals surface area (Å²) in [5.74, 6) is -1.11. The van der Waals surface area contributed by atoms with Crippen molar-refractivity contribution < 1.29 is 26.9 Å². The predicted molar refractivity (Wildman–Crippen MR) is 150 cm³/mol. The Balaban J connectivity index is 1.74. The Morgan fingerprint density at radius 1 is 0.897 bits per heavy atom. The molecule has 4 N–H and O–H groups in total. The Morgan fingerprint density at radius 3 is 2.26 bits per heavy atom. The van der Waals surface area contributed by atoms with E-state index in [-0.39, 0.29) is 41.4 Å². The van der Waals surface area contributed by atoms with Gasteiger partial charge in [-0.05, 0) is 49.6 Å². The lowest BCUT2D eigenvalue weighted by molar-refractivity contribution is -0.123. The molecule has 3 aromatic carbocycles. The number of carbonyl (C=O) groups excluding carboxylic acids is 2. The fourth-order valence-electron chi connectivity index (χ4n) is 3.77. The molecule has 9 nitrogen and oxygen atoms in total. The molecular weight excluding hydrogens is 518 g/mol. The second kappa shape index (κ2) is 14.9. The third kappa shape index (κ3) is 10.4. The SMILES string of the molecule is CC(NC(=O)c1cc(OCC(=O)NCCCCCN)cc(OS(=O)(=O)Cc2ccccc2)c1)c1ccccc1. The molecule has 0 saturated heterocycles. The quantitative estimate of drug-likeness (QED) is 0.193. The maximum Gasteiger partial charge on any atom is 0.313 e. The van der Waals surface area contributed by atoms with Crippen molar-refractivity contribution in [3.05, 3.63) is 95.6 Å². The lowest BCUT2D eigenvalue weighted by Crippen LogP contribution is -2.30. The zero-order valence-electron chi connectivity index (χ0n) is 22.0. The van der Waals surface area contributed by atoms with Crippen molar-refractivity contribution in [3.63, 3.8) is 0 Å². The number of nitrogens with one attached hydrogen (secondary N) is 2. The number of benzene rings is 3. The van der Waals surface area contributed by atoms with E-state index in [4.69, 9.17) is 14.7 Å². The van der Waals surface area contributed by atoms with Gasteiger partial charge in [0.25, 0.3) is 11.8 Å². The third-order valence-electron chi connectivity index (χ3n) is 5.77. The Labute approximate surface area is 229 Å². The summed E-state index contributed by atoms with van der Waals surface area (Å²) in [6.45, 7) is 2.64. The fraction of sp³-hybridized carbons (Fsp3) is 0.310. The molecule has 2 amide bonds. The minimum Gasteiger partial charge on any atom is -0.484 e. The van der Waals surface area contributed by atoms with Gasteiger partial charge in [-0.25, -0.2) is 0 Å². The largest absolute Gasteiger partial charge is 0.484 e. The van der Waals surface area contributed by atoms with Crippen molar-refractivity contribution in [1.29, 1.82) is 0 Å². The molecule has 10 heteroatoms. The molecule has 0 radical (unpaired) electrons. The fourth-order valence-corrected chi connectivity index (χ4v) is 4.82. The average Bonchev–Trinajstić information content (AvgIpc) is 2.92. The molecule has 39 heavy (non-hydrogen) atoms. The highest BCUT2D eigenvalue weighted by molar-refractivity contribution is 7.86. The average molecular weight is 554 g/mol. The van der Waals surface area contributed by atoms with Gasteiger partial charge < -0.3 is 25.3 Å². The minimum atomic E-state index is -4.04. The standard InChI is InChI=1S/C29H35N3O6S/c1-22(24-13-7-3-8-14-24)32-29(34)25-17-26(37-20-28(33)31-16-10-4-9-15-30)19-27(18-25)38-39(35,36)21-23-11-5-2-6-12-23/h2-3,5-8,11-14,17-19,22H,4,9-10,15-16,20-21,30H2,1H3,(H,31,33)(H,32,34). The van der Waals surface area contributed by atoms with E-state index in [1.807, 2.05) is 37.3 Å². The van der Waals surface area contributed by atoms with Gasteiger partial charge in [-0.3, -0.25) is 9.59 Å². The lowest BCUT2D eigenvalue weighted by Gasteiger charge is -2.16. The molecule has 3 aromatic rings. The zero-order valence-corrected chi connectivity index (χ0v) is 22.8. The van der Waals surface area contributed by atoms with Crippen LogP contribution in [0.5, 0.6) is 11.5 Å². The topological polar surface area (TPSA) is 137 Å². The van der Waals surface area contributed by atoms with Crippen LogP contribution < -0.4 is 25.3 Å². The summed E-state index contributed by atoms with van der Waals surface area (Å²) in [6.07, 6.45) is 2.60. The smallest absolute Gasteiger partial charge is 0.313 e. The number of carbonyl (C=O) groups is 2. The monoisotopic (exact) mass is 553 g/mol. The van der Waals surface area contributed by atoms with Crippen molar-refractivity contribution >= 4 is 21.9 Å². The first kappa shape index (κ1) is 29.7. The highest BCUT2D eigenvalue weighted by Crippen LogP contribution is 2.26. The number of hydrogen-bond donors (Lipinski definition) is 3. The molecule has 0 aromatic heterocycles. The van der Waals surface area contributed by atoms with Crippen LogP contribution in [0, 0.1) is 0 Å². The van der Waals surface area contributed by atoms with Crippen molar-refractivity contribution in [3.8, 4) is 11.5 Å². The molecule has 0 fully saturated rings. The Morgan fingerprint density at radius 2 is 1.56 bits per heavy atom. The number of rotatable bonds is 15. The number of nitrogens with two attached hydrogens (primary N) is 1. The second-order valence-electron chi connectivity index (χ2n) is 9.06. The summed E-state index contributed by atoms with van der Waals surface area (Å²) in [6, 6.07) is 21.8. The molecule has 1 unspecified atom stereocenters. The molecule has 0 aliphatic carbocycles. The van der Waals surface area contributed by atoms with Gasteiger partial charge in [0.05, 0.1) is 6.04 Å². The summed E-state index contributed by atoms with van der Waals surface area (Å²) in [4.78, 5) is 25.3. The second-order valence-corrected chi connectivity index (χ2v) is 10.6. The molecule has 0 aliphatic heterocycles. The van der Waals surface area contributed by atoms with Crippen LogP contribution in [0.4, 0.5) is 0 Å². The van der Waals surface area contributed by atoms with Crippen LogP contribution in [-0.4, -0.2) is 39.9 Å². The van der Waals surface area contributed by atoms with Gasteiger partial charge in [-0.15, -0.1) is 0 Å². The molecule has 1 atom stereocenters. The van der Waals surface area contributed by atoms with Crippen LogP contribution in [0.3, 0.4) is 0 Å². The van der Waals surface area contributed by atoms with Crippen LogP contribution in [0.15, 0.2) is 78.9 Å². The van der Waals surface area contributed by atoms with Gasteiger partial charge in [-0.1, -0.05) is 67.1 Å². The van der Waals surface area contributed by atoms with Crippen LogP contribution >= 0.6 is 0 Å². The maximum absolute atomic E-state index is 13.1. The van der Waals surface area contributed by atoms with Crippen LogP contribution in [0.2, 0.25) is 0 Å². The highest BCUT2D eigenvalue weighted by atomic mass is 32.2. The van der Waals surface area contributed by atoms with E-state index in [1.165, 1.54) is 18.2 Å². The summed E-state index contributed by atoms with van der Waals surface area (Å²) in [5.41, 5.74) is 7.07. The first-order chi connectivity index (χ1) is 18.8. The molecule has 0 aliphatic rings. The van der Waals surface area contributed by atoms with E-state index in [1.54, 1.807) is 30.3 Å². The Kier molecular flexibility index (Phi) is 11.3. The van der Waals surface area contributed by atoms with E-state index < -0.39 is 16.0 Å². The maximum atomic E-state index is 13.1. The molecule has 3 rings (SSSR count). The molecule has 0 saturated carbocycles. The Bertz CT molecular complexity index is 1320. The van der Waals surface area contributed by atoms with E-state index in [9.17, 15) is 18.0 Å². The molecule has 208 valence electrons. The van der Waals surface area contributed by atoms with Gasteiger partial charge >= 0.3 is 10.1 Å². The Hall–Kier alpha value is -3.89. The van der Waals surface area contributed by atoms with Gasteiger partial charge in [0, 0.05) is 18.2 Å². The van der Waals surface area contributed by atoms with Gasteiger partial charge in [0.15, 0.2) is 6.61 Å². The van der Waals surface area contributed by atoms with E-state index in [0.29, 0.717) is 18.7 Å². The summed E-state index contributed by atoms with van der Waals surface area (Å²) in [5, 5.41) is 5.65. The zero-order chi connectivity index (χ0) is 28.1. The number of amides is 2. The van der Waals surface area contributed by atoms with E-state index in [0.717, 1.165) is 24.8 Å². The first-order valence-electron chi connectivity index (χ1n) is 12.8. The number of unbranched alkanes of at least 4 members (excludes halogenated alkanes) is 2. The minimum absolute atomic E-state index is 0.0943. The van der Waals surface area contributed by atoms with E-state index >= 15 is 0 Å². The van der Waals surface area contributed by atoms with Crippen LogP contribution in [-0.2, 0) is 20.7 Å². The highest BCUT2D eigenvalue weighted by Gasteiger charge is 2.19. The predicted octanol–water partition coefficient (Wildman–Crippen LogP) is 3.71. The van der Waals surface area contributed by atoms with Crippen molar-refractivity contribution in [1.82, 2.24) is 10.6 Å². The van der Waals surface area contributed by atoms with Crippen LogP contribution in [0.1, 0.15) is 53.7 Å². The molecule has 0 spiro atoms.